The van der Waals surface area contributed by atoms with E-state index in [-0.39, 0.29) is 17.5 Å². The minimum Gasteiger partial charge on any atom is -0.351 e. The zero-order chi connectivity index (χ0) is 19.0. The van der Waals surface area contributed by atoms with Crippen molar-refractivity contribution in [1.29, 1.82) is 0 Å². The summed E-state index contributed by atoms with van der Waals surface area (Å²) in [5.74, 6) is 0.743. The van der Waals surface area contributed by atoms with E-state index >= 15 is 0 Å². The molecule has 2 N–H and O–H groups in total. The summed E-state index contributed by atoms with van der Waals surface area (Å²) < 4.78 is 38.9. The summed E-state index contributed by atoms with van der Waals surface area (Å²) in [7, 11) is -3.33. The van der Waals surface area contributed by atoms with E-state index in [9.17, 15) is 17.6 Å². The summed E-state index contributed by atoms with van der Waals surface area (Å²) in [4.78, 5) is 12.1. The minimum atomic E-state index is -3.33. The number of carbonyl (C=O) groups is 1. The normalized spacial score (nSPS) is 11.2. The molecule has 0 spiro atoms. The Morgan fingerprint density at radius 1 is 1.12 bits per heavy atom. The molecule has 0 atom stereocenters. The van der Waals surface area contributed by atoms with Crippen molar-refractivity contribution in [1.82, 2.24) is 5.32 Å². The highest BCUT2D eigenvalue weighted by Gasteiger charge is 2.09. The number of nitrogens with one attached hydrogen (secondary N) is 2. The monoisotopic (exact) mass is 396 g/mol. The molecule has 1 amide bonds. The first-order valence-corrected chi connectivity index (χ1v) is 10.9. The Hall–Kier alpha value is -2.06. The van der Waals surface area contributed by atoms with Crippen LogP contribution in [0.1, 0.15) is 22.8 Å². The smallest absolute Gasteiger partial charge is 0.251 e. The number of benzene rings is 2. The van der Waals surface area contributed by atoms with Gasteiger partial charge in [0.15, 0.2) is 0 Å². The van der Waals surface area contributed by atoms with Crippen LogP contribution in [0.25, 0.3) is 0 Å². The Kier molecular flexibility index (Phi) is 7.47. The van der Waals surface area contributed by atoms with Gasteiger partial charge in [0.1, 0.15) is 5.82 Å². The lowest BCUT2D eigenvalue weighted by atomic mass is 10.2. The quantitative estimate of drug-likeness (QED) is 0.638. The molecule has 0 unspecified atom stereocenters. The third-order valence-corrected chi connectivity index (χ3v) is 5.86. The summed E-state index contributed by atoms with van der Waals surface area (Å²) in [6.07, 6.45) is 0. The van der Waals surface area contributed by atoms with Crippen LogP contribution in [0.3, 0.4) is 0 Å². The molecule has 0 heterocycles. The summed E-state index contributed by atoms with van der Waals surface area (Å²) in [5, 5.41) is 2.79. The molecule has 0 bridgehead atoms. The largest absolute Gasteiger partial charge is 0.351 e. The van der Waals surface area contributed by atoms with Crippen LogP contribution in [-0.2, 0) is 15.8 Å². The van der Waals surface area contributed by atoms with Crippen molar-refractivity contribution in [3.05, 3.63) is 65.5 Å². The lowest BCUT2D eigenvalue weighted by Gasteiger charge is -2.08. The Bertz CT molecular complexity index is 840. The second-order valence-electron chi connectivity index (χ2n) is 5.48. The van der Waals surface area contributed by atoms with Gasteiger partial charge in [-0.2, -0.15) is 11.8 Å². The van der Waals surface area contributed by atoms with Crippen LogP contribution >= 0.6 is 11.8 Å². The zero-order valence-electron chi connectivity index (χ0n) is 14.4. The van der Waals surface area contributed by atoms with Gasteiger partial charge in [-0.25, -0.2) is 12.8 Å². The van der Waals surface area contributed by atoms with E-state index in [2.05, 4.69) is 10.0 Å². The van der Waals surface area contributed by atoms with Crippen molar-refractivity contribution in [2.45, 2.75) is 12.7 Å². The summed E-state index contributed by atoms with van der Waals surface area (Å²) in [6, 6.07) is 12.9. The molecule has 0 saturated carbocycles. The van der Waals surface area contributed by atoms with Gasteiger partial charge in [-0.1, -0.05) is 18.2 Å². The lowest BCUT2D eigenvalue weighted by molar-refractivity contribution is 0.0956. The maximum absolute atomic E-state index is 13.5. The molecular weight excluding hydrogens is 375 g/mol. The van der Waals surface area contributed by atoms with E-state index in [1.54, 1.807) is 49.4 Å². The van der Waals surface area contributed by atoms with Crippen molar-refractivity contribution < 1.29 is 17.6 Å². The molecule has 0 radical (unpaired) electrons. The van der Waals surface area contributed by atoms with Crippen molar-refractivity contribution in [2.24, 2.45) is 0 Å². The number of amides is 1. The van der Waals surface area contributed by atoms with E-state index in [0.29, 0.717) is 34.9 Å². The van der Waals surface area contributed by atoms with Crippen LogP contribution < -0.4 is 10.0 Å². The van der Waals surface area contributed by atoms with E-state index in [1.807, 2.05) is 0 Å². The van der Waals surface area contributed by atoms with Gasteiger partial charge in [0, 0.05) is 29.3 Å². The molecule has 0 fully saturated rings. The molecule has 0 aliphatic rings. The Labute approximate surface area is 157 Å². The van der Waals surface area contributed by atoms with E-state index in [4.69, 9.17) is 0 Å². The van der Waals surface area contributed by atoms with Gasteiger partial charge in [-0.05, 0) is 42.8 Å². The Balaban J connectivity index is 1.75. The van der Waals surface area contributed by atoms with Gasteiger partial charge in [0.25, 0.3) is 5.91 Å². The maximum atomic E-state index is 13.5. The molecule has 2 aromatic carbocycles. The highest BCUT2D eigenvalue weighted by molar-refractivity contribution is 7.98. The maximum Gasteiger partial charge on any atom is 0.251 e. The van der Waals surface area contributed by atoms with Crippen LogP contribution in [0.5, 0.6) is 0 Å². The van der Waals surface area contributed by atoms with E-state index in [1.165, 1.54) is 17.8 Å². The summed E-state index contributed by atoms with van der Waals surface area (Å²) in [5.41, 5.74) is 1.52. The first-order chi connectivity index (χ1) is 12.4. The predicted molar refractivity (Wildman–Crippen MR) is 104 cm³/mol. The predicted octanol–water partition coefficient (Wildman–Crippen LogP) is 3.25. The van der Waals surface area contributed by atoms with Crippen LogP contribution in [0.2, 0.25) is 0 Å². The SMILES string of the molecule is CCS(=O)(=O)Nc1ccc(C(=O)NCCSCc2ccccc2F)cc1. The number of anilines is 1. The molecule has 5 nitrogen and oxygen atoms in total. The first-order valence-electron chi connectivity index (χ1n) is 8.11. The third kappa shape index (κ3) is 6.34. The average Bonchev–Trinajstić information content (AvgIpc) is 2.63. The summed E-state index contributed by atoms with van der Waals surface area (Å²) >= 11 is 1.54. The molecule has 140 valence electrons. The van der Waals surface area contributed by atoms with Gasteiger partial charge in [-0.3, -0.25) is 9.52 Å². The van der Waals surface area contributed by atoms with Gasteiger partial charge >= 0.3 is 0 Å². The van der Waals surface area contributed by atoms with Crippen molar-refractivity contribution in [3.8, 4) is 0 Å². The number of rotatable bonds is 9. The van der Waals surface area contributed by atoms with Gasteiger partial charge in [0.05, 0.1) is 5.75 Å². The summed E-state index contributed by atoms with van der Waals surface area (Å²) in [6.45, 7) is 2.01. The fourth-order valence-corrected chi connectivity index (χ4v) is 3.56. The highest BCUT2D eigenvalue weighted by Crippen LogP contribution is 2.15. The molecule has 0 aliphatic heterocycles. The Morgan fingerprint density at radius 3 is 2.46 bits per heavy atom. The van der Waals surface area contributed by atoms with Crippen LogP contribution in [-0.4, -0.2) is 32.4 Å². The van der Waals surface area contributed by atoms with Crippen molar-refractivity contribution in [3.63, 3.8) is 0 Å². The molecular formula is C18H21FN2O3S2. The Morgan fingerprint density at radius 2 is 1.81 bits per heavy atom. The van der Waals surface area contributed by atoms with E-state index < -0.39 is 10.0 Å². The fourth-order valence-electron chi connectivity index (χ4n) is 2.08. The number of thioether (sulfide) groups is 1. The molecule has 2 rings (SSSR count). The van der Waals surface area contributed by atoms with Crippen LogP contribution in [0, 0.1) is 5.82 Å². The van der Waals surface area contributed by atoms with Crippen LogP contribution in [0.15, 0.2) is 48.5 Å². The molecule has 26 heavy (non-hydrogen) atoms. The second kappa shape index (κ2) is 9.59. The molecule has 8 heteroatoms. The number of hydrogen-bond donors (Lipinski definition) is 2. The zero-order valence-corrected chi connectivity index (χ0v) is 16.0. The molecule has 0 saturated heterocycles. The second-order valence-corrected chi connectivity index (χ2v) is 8.60. The number of carbonyl (C=O) groups excluding carboxylic acids is 1. The average molecular weight is 397 g/mol. The highest BCUT2D eigenvalue weighted by atomic mass is 32.2. The fraction of sp³-hybridized carbons (Fsp3) is 0.278. The van der Waals surface area contributed by atoms with Gasteiger partial charge in [0.2, 0.25) is 10.0 Å². The van der Waals surface area contributed by atoms with Crippen molar-refractivity contribution in [2.75, 3.05) is 22.8 Å². The number of halogens is 1. The number of hydrogen-bond acceptors (Lipinski definition) is 4. The topological polar surface area (TPSA) is 75.3 Å². The van der Waals surface area contributed by atoms with Crippen molar-refractivity contribution >= 4 is 33.4 Å². The number of sulfonamides is 1. The van der Waals surface area contributed by atoms with Crippen LogP contribution in [0.4, 0.5) is 10.1 Å². The lowest BCUT2D eigenvalue weighted by Crippen LogP contribution is -2.25. The molecule has 2 aromatic rings. The van der Waals surface area contributed by atoms with Gasteiger partial charge in [-0.15, -0.1) is 0 Å². The first kappa shape index (κ1) is 20.3. The standard InChI is InChI=1S/C18H21FN2O3S2/c1-2-26(23,24)21-16-9-7-14(8-10-16)18(22)20-11-12-25-13-15-5-3-4-6-17(15)19/h3-10,21H,2,11-13H2,1H3,(H,20,22). The van der Waals surface area contributed by atoms with Gasteiger partial charge < -0.3 is 5.32 Å². The molecule has 0 aliphatic carbocycles. The minimum absolute atomic E-state index is 0.0141. The third-order valence-electron chi connectivity index (χ3n) is 3.55. The molecule has 0 aromatic heterocycles. The van der Waals surface area contributed by atoms with E-state index in [0.717, 1.165) is 0 Å².